The molecule has 2 N–H and O–H groups in total. The summed E-state index contributed by atoms with van der Waals surface area (Å²) >= 11 is 0. The number of nitrogens with two attached hydrogens (primary N) is 1. The van der Waals surface area contributed by atoms with Crippen LogP contribution >= 0.6 is 0 Å². The molecule has 1 fully saturated rings. The van der Waals surface area contributed by atoms with E-state index in [1.807, 2.05) is 0 Å². The Morgan fingerprint density at radius 3 is 2.37 bits per heavy atom. The fourth-order valence-electron chi connectivity index (χ4n) is 2.94. The van der Waals surface area contributed by atoms with Gasteiger partial charge in [0.05, 0.1) is 0 Å². The molecular weight excluding hydrogens is 236 g/mol. The predicted molar refractivity (Wildman–Crippen MR) is 76.7 cm³/mol. The zero-order chi connectivity index (χ0) is 13.2. The molecule has 0 atom stereocenters. The predicted octanol–water partition coefficient (Wildman–Crippen LogP) is 4.22. The molecule has 3 nitrogen and oxygen atoms in total. The number of nitrogen functional groups attached to an aromatic ring is 1. The first-order valence-electron chi connectivity index (χ1n) is 7.05. The maximum atomic E-state index is 5.57. The van der Waals surface area contributed by atoms with E-state index in [-0.39, 0.29) is 0 Å². The molecule has 3 rings (SSSR count). The fourth-order valence-corrected chi connectivity index (χ4v) is 2.94. The van der Waals surface area contributed by atoms with Gasteiger partial charge in [-0.2, -0.15) is 0 Å². The lowest BCUT2D eigenvalue weighted by Gasteiger charge is -2.26. The molecule has 0 saturated heterocycles. The molecule has 1 aromatic carbocycles. The van der Waals surface area contributed by atoms with Crippen molar-refractivity contribution in [3.63, 3.8) is 0 Å². The van der Waals surface area contributed by atoms with Gasteiger partial charge in [-0.15, -0.1) is 0 Å². The summed E-state index contributed by atoms with van der Waals surface area (Å²) in [6.45, 7) is 2.35. The van der Waals surface area contributed by atoms with Crippen molar-refractivity contribution in [2.24, 2.45) is 5.92 Å². The second-order valence-electron chi connectivity index (χ2n) is 5.69. The Morgan fingerprint density at radius 2 is 1.79 bits per heavy atom. The van der Waals surface area contributed by atoms with Gasteiger partial charge in [0, 0.05) is 11.6 Å². The summed E-state index contributed by atoms with van der Waals surface area (Å²) in [5.74, 6) is 2.79. The highest BCUT2D eigenvalue weighted by atomic mass is 16.5. The summed E-state index contributed by atoms with van der Waals surface area (Å²) in [5, 5.41) is 3.72. The Labute approximate surface area is 113 Å². The minimum Gasteiger partial charge on any atom is -0.381 e. The number of hydrogen-bond acceptors (Lipinski definition) is 3. The van der Waals surface area contributed by atoms with Crippen LogP contribution in [0.4, 0.5) is 5.82 Å². The normalized spacial score (nSPS) is 23.4. The van der Waals surface area contributed by atoms with Crippen LogP contribution in [0.3, 0.4) is 0 Å². The van der Waals surface area contributed by atoms with Crippen molar-refractivity contribution >= 4 is 5.82 Å². The van der Waals surface area contributed by atoms with Gasteiger partial charge < -0.3 is 10.3 Å². The van der Waals surface area contributed by atoms with Crippen LogP contribution in [-0.2, 0) is 0 Å². The quantitative estimate of drug-likeness (QED) is 0.875. The van der Waals surface area contributed by atoms with E-state index in [0.717, 1.165) is 23.2 Å². The number of rotatable bonds is 2. The standard InChI is InChI=1S/C16H20N2O/c1-11-2-4-12(5-3-11)13-6-8-14(9-7-13)15-10-16(17)18-19-15/h6-12H,2-5H2,1H3,(H2,17,18). The summed E-state index contributed by atoms with van der Waals surface area (Å²) < 4.78 is 5.17. The third-order valence-corrected chi connectivity index (χ3v) is 4.21. The fraction of sp³-hybridized carbons (Fsp3) is 0.438. The van der Waals surface area contributed by atoms with Crippen molar-refractivity contribution in [3.05, 3.63) is 35.9 Å². The minimum atomic E-state index is 0.431. The molecule has 3 heteroatoms. The Morgan fingerprint density at radius 1 is 1.11 bits per heavy atom. The highest BCUT2D eigenvalue weighted by Gasteiger charge is 2.19. The van der Waals surface area contributed by atoms with Crippen molar-refractivity contribution in [1.82, 2.24) is 5.16 Å². The van der Waals surface area contributed by atoms with Gasteiger partial charge in [0.15, 0.2) is 11.6 Å². The lowest BCUT2D eigenvalue weighted by Crippen LogP contribution is -2.10. The van der Waals surface area contributed by atoms with Crippen LogP contribution in [0.2, 0.25) is 0 Å². The van der Waals surface area contributed by atoms with Gasteiger partial charge in [-0.1, -0.05) is 49.2 Å². The van der Waals surface area contributed by atoms with Crippen molar-refractivity contribution in [1.29, 1.82) is 0 Å². The summed E-state index contributed by atoms with van der Waals surface area (Å²) in [4.78, 5) is 0. The molecule has 0 aliphatic heterocycles. The van der Waals surface area contributed by atoms with Crippen LogP contribution in [-0.4, -0.2) is 5.16 Å². The van der Waals surface area contributed by atoms with E-state index >= 15 is 0 Å². The molecular formula is C16H20N2O. The molecule has 1 heterocycles. The monoisotopic (exact) mass is 256 g/mol. The Balaban J connectivity index is 1.75. The van der Waals surface area contributed by atoms with Crippen LogP contribution in [0.1, 0.15) is 44.1 Å². The zero-order valence-electron chi connectivity index (χ0n) is 11.3. The van der Waals surface area contributed by atoms with E-state index in [9.17, 15) is 0 Å². The van der Waals surface area contributed by atoms with Crippen molar-refractivity contribution in [2.75, 3.05) is 5.73 Å². The maximum absolute atomic E-state index is 5.57. The molecule has 2 aromatic rings. The molecule has 0 spiro atoms. The second kappa shape index (κ2) is 5.08. The molecule has 1 aliphatic carbocycles. The van der Waals surface area contributed by atoms with E-state index in [0.29, 0.717) is 5.82 Å². The lowest BCUT2D eigenvalue weighted by atomic mass is 9.79. The molecule has 100 valence electrons. The van der Waals surface area contributed by atoms with E-state index < -0.39 is 0 Å². The Bertz CT molecular complexity index is 536. The van der Waals surface area contributed by atoms with E-state index in [1.165, 1.54) is 31.2 Å². The van der Waals surface area contributed by atoms with Crippen molar-refractivity contribution in [2.45, 2.75) is 38.5 Å². The smallest absolute Gasteiger partial charge is 0.169 e. The Kier molecular flexibility index (Phi) is 3.28. The van der Waals surface area contributed by atoms with Crippen LogP contribution in [0.15, 0.2) is 34.9 Å². The van der Waals surface area contributed by atoms with Crippen LogP contribution in [0, 0.1) is 5.92 Å². The molecule has 1 saturated carbocycles. The first-order chi connectivity index (χ1) is 9.22. The topological polar surface area (TPSA) is 52.0 Å². The van der Waals surface area contributed by atoms with Gasteiger partial charge >= 0.3 is 0 Å². The first kappa shape index (κ1) is 12.3. The summed E-state index contributed by atoms with van der Waals surface area (Å²) in [5.41, 5.74) is 8.06. The number of benzene rings is 1. The molecule has 0 radical (unpaired) electrons. The summed E-state index contributed by atoms with van der Waals surface area (Å²) in [6.07, 6.45) is 5.33. The molecule has 1 aromatic heterocycles. The third-order valence-electron chi connectivity index (χ3n) is 4.21. The van der Waals surface area contributed by atoms with Crippen LogP contribution < -0.4 is 5.73 Å². The van der Waals surface area contributed by atoms with Gasteiger partial charge in [-0.25, -0.2) is 0 Å². The molecule has 19 heavy (non-hydrogen) atoms. The number of aromatic nitrogens is 1. The Hall–Kier alpha value is -1.77. The SMILES string of the molecule is CC1CCC(c2ccc(-c3cc(N)no3)cc2)CC1. The highest BCUT2D eigenvalue weighted by molar-refractivity contribution is 5.60. The maximum Gasteiger partial charge on any atom is 0.169 e. The van der Waals surface area contributed by atoms with Crippen molar-refractivity contribution in [3.8, 4) is 11.3 Å². The first-order valence-corrected chi connectivity index (χ1v) is 7.05. The minimum absolute atomic E-state index is 0.431. The lowest BCUT2D eigenvalue weighted by molar-refractivity contribution is 0.348. The van der Waals surface area contributed by atoms with Gasteiger partial charge in [-0.05, 0) is 30.2 Å². The van der Waals surface area contributed by atoms with Crippen LogP contribution in [0.5, 0.6) is 0 Å². The molecule has 0 unspecified atom stereocenters. The second-order valence-corrected chi connectivity index (χ2v) is 5.69. The summed E-state index contributed by atoms with van der Waals surface area (Å²) in [6, 6.07) is 10.4. The summed E-state index contributed by atoms with van der Waals surface area (Å²) in [7, 11) is 0. The van der Waals surface area contributed by atoms with Crippen LogP contribution in [0.25, 0.3) is 11.3 Å². The number of hydrogen-bond donors (Lipinski definition) is 1. The van der Waals surface area contributed by atoms with E-state index in [4.69, 9.17) is 10.3 Å². The van der Waals surface area contributed by atoms with Gasteiger partial charge in [0.1, 0.15) is 0 Å². The largest absolute Gasteiger partial charge is 0.381 e. The molecule has 1 aliphatic rings. The number of nitrogens with zero attached hydrogens (tertiary/aromatic N) is 1. The average Bonchev–Trinajstić information content (AvgIpc) is 2.87. The van der Waals surface area contributed by atoms with E-state index in [2.05, 4.69) is 36.3 Å². The van der Waals surface area contributed by atoms with Crippen molar-refractivity contribution < 1.29 is 4.52 Å². The van der Waals surface area contributed by atoms with Gasteiger partial charge in [0.25, 0.3) is 0 Å². The van der Waals surface area contributed by atoms with Gasteiger partial charge in [-0.3, -0.25) is 0 Å². The molecule has 0 bridgehead atoms. The number of anilines is 1. The zero-order valence-corrected chi connectivity index (χ0v) is 11.3. The van der Waals surface area contributed by atoms with E-state index in [1.54, 1.807) is 6.07 Å². The highest BCUT2D eigenvalue weighted by Crippen LogP contribution is 2.36. The molecule has 0 amide bonds. The average molecular weight is 256 g/mol. The third kappa shape index (κ3) is 2.65. The van der Waals surface area contributed by atoms with Gasteiger partial charge in [0.2, 0.25) is 0 Å².